The maximum atomic E-state index is 13.0. The summed E-state index contributed by atoms with van der Waals surface area (Å²) < 4.78 is 18.0. The number of Topliss-reactive ketones (excluding diaryl/α,β-unsaturated/α-hetero) is 1. The second-order valence-electron chi connectivity index (χ2n) is 7.23. The molecular formula is C23H23N3O6. The van der Waals surface area contributed by atoms with Gasteiger partial charge in [-0.05, 0) is 30.7 Å². The van der Waals surface area contributed by atoms with Gasteiger partial charge in [0.25, 0.3) is 11.7 Å². The van der Waals surface area contributed by atoms with Crippen LogP contribution >= 0.6 is 0 Å². The zero-order valence-electron chi connectivity index (χ0n) is 17.7. The van der Waals surface area contributed by atoms with Crippen LogP contribution in [-0.4, -0.2) is 52.0 Å². The molecule has 2 aromatic heterocycles. The van der Waals surface area contributed by atoms with Crippen LogP contribution in [0.2, 0.25) is 0 Å². The van der Waals surface area contributed by atoms with Crippen LogP contribution in [0.5, 0.6) is 11.5 Å². The molecule has 0 bridgehead atoms. The number of methoxy groups -OCH3 is 2. The van der Waals surface area contributed by atoms with E-state index < -0.39 is 17.7 Å². The maximum absolute atomic E-state index is 13.0. The average Bonchev–Trinajstić information content (AvgIpc) is 3.57. The Hall–Kier alpha value is -4.01. The molecule has 1 aliphatic heterocycles. The van der Waals surface area contributed by atoms with E-state index in [0.29, 0.717) is 36.8 Å². The highest BCUT2D eigenvalue weighted by molar-refractivity contribution is 6.46. The predicted octanol–water partition coefficient (Wildman–Crippen LogP) is 3.01. The second-order valence-corrected chi connectivity index (χ2v) is 7.23. The second kappa shape index (κ2) is 9.01. The van der Waals surface area contributed by atoms with Crippen molar-refractivity contribution in [2.75, 3.05) is 20.8 Å². The fraction of sp³-hybridized carbons (Fsp3) is 0.261. The lowest BCUT2D eigenvalue weighted by atomic mass is 9.98. The molecule has 0 radical (unpaired) electrons. The van der Waals surface area contributed by atoms with E-state index in [2.05, 4.69) is 4.98 Å². The number of rotatable bonds is 8. The lowest BCUT2D eigenvalue weighted by molar-refractivity contribution is -0.140. The van der Waals surface area contributed by atoms with Crippen LogP contribution in [0.3, 0.4) is 0 Å². The predicted molar refractivity (Wildman–Crippen MR) is 114 cm³/mol. The maximum Gasteiger partial charge on any atom is 0.295 e. The Morgan fingerprint density at radius 2 is 2.03 bits per heavy atom. The van der Waals surface area contributed by atoms with Gasteiger partial charge in [-0.15, -0.1) is 0 Å². The van der Waals surface area contributed by atoms with Crippen molar-refractivity contribution < 1.29 is 28.6 Å². The van der Waals surface area contributed by atoms with Gasteiger partial charge >= 0.3 is 0 Å². The third kappa shape index (κ3) is 3.84. The molecule has 0 unspecified atom stereocenters. The molecule has 1 N–H and O–H groups in total. The molecule has 166 valence electrons. The molecule has 1 aromatic carbocycles. The number of carbonyl (C=O) groups excluding carboxylic acids is 2. The van der Waals surface area contributed by atoms with E-state index in [1.165, 1.54) is 25.4 Å². The molecule has 9 heteroatoms. The molecule has 1 fully saturated rings. The SMILES string of the molecule is COc1ccc(C(O)=C2C(=O)C(=O)N(CCCn3ccnc3)[C@H]2c2ccco2)c(OC)c1. The Kier molecular flexibility index (Phi) is 5.98. The number of aliphatic hydroxyl groups excluding tert-OH is 1. The lowest BCUT2D eigenvalue weighted by Crippen LogP contribution is -2.31. The van der Waals surface area contributed by atoms with Crippen molar-refractivity contribution in [3.63, 3.8) is 0 Å². The molecule has 1 amide bonds. The van der Waals surface area contributed by atoms with Gasteiger partial charge in [0, 0.05) is 31.5 Å². The van der Waals surface area contributed by atoms with Crippen molar-refractivity contribution >= 4 is 17.4 Å². The van der Waals surface area contributed by atoms with Crippen LogP contribution in [0, 0.1) is 0 Å². The summed E-state index contributed by atoms with van der Waals surface area (Å²) in [6.07, 6.45) is 7.25. The molecular weight excluding hydrogens is 414 g/mol. The van der Waals surface area contributed by atoms with Crippen molar-refractivity contribution in [1.82, 2.24) is 14.5 Å². The normalized spacial score (nSPS) is 17.7. The first-order valence-electron chi connectivity index (χ1n) is 10.0. The first-order valence-corrected chi connectivity index (χ1v) is 10.0. The summed E-state index contributed by atoms with van der Waals surface area (Å²) in [5.74, 6) is -0.565. The number of likely N-dealkylation sites (tertiary alicyclic amines) is 1. The van der Waals surface area contributed by atoms with Gasteiger partial charge < -0.3 is 28.5 Å². The van der Waals surface area contributed by atoms with Gasteiger partial charge in [-0.1, -0.05) is 0 Å². The van der Waals surface area contributed by atoms with Gasteiger partial charge in [0.15, 0.2) is 0 Å². The first-order chi connectivity index (χ1) is 15.5. The molecule has 4 rings (SSSR count). The fourth-order valence-electron chi connectivity index (χ4n) is 3.84. The standard InChI is InChI=1S/C23H23N3O6/c1-30-15-6-7-16(18(13-15)31-2)21(27)19-20(17-5-3-12-32-17)26(23(29)22(19)28)10-4-9-25-11-8-24-14-25/h3,5-8,11-14,20,27H,4,9-10H2,1-2H3/t20-/m0/s1. The van der Waals surface area contributed by atoms with Crippen molar-refractivity contribution in [1.29, 1.82) is 0 Å². The number of amides is 1. The smallest absolute Gasteiger partial charge is 0.295 e. The monoisotopic (exact) mass is 437 g/mol. The molecule has 3 heterocycles. The van der Waals surface area contributed by atoms with E-state index in [1.807, 2.05) is 10.8 Å². The van der Waals surface area contributed by atoms with Gasteiger partial charge in [0.1, 0.15) is 29.1 Å². The van der Waals surface area contributed by atoms with Gasteiger partial charge in [-0.25, -0.2) is 4.98 Å². The zero-order valence-corrected chi connectivity index (χ0v) is 17.7. The zero-order chi connectivity index (χ0) is 22.7. The number of carbonyl (C=O) groups is 2. The minimum Gasteiger partial charge on any atom is -0.507 e. The Balaban J connectivity index is 1.73. The number of hydrogen-bond acceptors (Lipinski definition) is 7. The highest BCUT2D eigenvalue weighted by Crippen LogP contribution is 2.41. The third-order valence-electron chi connectivity index (χ3n) is 5.39. The number of nitrogens with zero attached hydrogens (tertiary/aromatic N) is 3. The average molecular weight is 437 g/mol. The van der Waals surface area contributed by atoms with Crippen LogP contribution in [0.25, 0.3) is 5.76 Å². The molecule has 0 spiro atoms. The minimum absolute atomic E-state index is 0.0453. The molecule has 3 aromatic rings. The van der Waals surface area contributed by atoms with Gasteiger partial charge in [-0.2, -0.15) is 0 Å². The molecule has 1 saturated heterocycles. The summed E-state index contributed by atoms with van der Waals surface area (Å²) in [4.78, 5) is 31.4. The summed E-state index contributed by atoms with van der Waals surface area (Å²) in [7, 11) is 2.96. The third-order valence-corrected chi connectivity index (χ3v) is 5.39. The summed E-state index contributed by atoms with van der Waals surface area (Å²) >= 11 is 0. The minimum atomic E-state index is -0.848. The van der Waals surface area contributed by atoms with Crippen molar-refractivity contribution in [2.24, 2.45) is 0 Å². The van der Waals surface area contributed by atoms with E-state index in [1.54, 1.807) is 42.9 Å². The quantitative estimate of drug-likeness (QED) is 0.328. The van der Waals surface area contributed by atoms with E-state index in [4.69, 9.17) is 13.9 Å². The molecule has 1 aliphatic rings. The number of ketones is 1. The van der Waals surface area contributed by atoms with E-state index in [-0.39, 0.29) is 16.9 Å². The van der Waals surface area contributed by atoms with Crippen LogP contribution in [0.15, 0.2) is 65.3 Å². The molecule has 1 atom stereocenters. The Labute approximate surface area is 184 Å². The Morgan fingerprint density at radius 3 is 2.69 bits per heavy atom. The largest absolute Gasteiger partial charge is 0.507 e. The number of aryl methyl sites for hydroxylation is 1. The van der Waals surface area contributed by atoms with E-state index in [9.17, 15) is 14.7 Å². The molecule has 32 heavy (non-hydrogen) atoms. The van der Waals surface area contributed by atoms with E-state index >= 15 is 0 Å². The number of hydrogen-bond donors (Lipinski definition) is 1. The summed E-state index contributed by atoms with van der Waals surface area (Å²) in [6.45, 7) is 0.921. The Morgan fingerprint density at radius 1 is 1.19 bits per heavy atom. The van der Waals surface area contributed by atoms with Crippen LogP contribution in [0.1, 0.15) is 23.8 Å². The number of imidazole rings is 1. The number of benzene rings is 1. The molecule has 0 saturated carbocycles. The van der Waals surface area contributed by atoms with Crippen molar-refractivity contribution in [3.05, 3.63) is 72.2 Å². The van der Waals surface area contributed by atoms with Crippen LogP contribution in [-0.2, 0) is 16.1 Å². The number of ether oxygens (including phenoxy) is 2. The highest BCUT2D eigenvalue weighted by Gasteiger charge is 2.47. The van der Waals surface area contributed by atoms with Gasteiger partial charge in [-0.3, -0.25) is 9.59 Å². The first kappa shape index (κ1) is 21.2. The number of aliphatic hydroxyl groups is 1. The topological polar surface area (TPSA) is 107 Å². The number of furan rings is 1. The Bertz CT molecular complexity index is 1130. The highest BCUT2D eigenvalue weighted by atomic mass is 16.5. The number of aromatic nitrogens is 2. The van der Waals surface area contributed by atoms with Gasteiger partial charge in [0.05, 0.1) is 37.9 Å². The molecule has 0 aliphatic carbocycles. The summed E-state index contributed by atoms with van der Waals surface area (Å²) in [5.41, 5.74) is 0.234. The molecule has 9 nitrogen and oxygen atoms in total. The lowest BCUT2D eigenvalue weighted by Gasteiger charge is -2.23. The van der Waals surface area contributed by atoms with Crippen LogP contribution in [0.4, 0.5) is 0 Å². The summed E-state index contributed by atoms with van der Waals surface area (Å²) in [6, 6.07) is 7.32. The van der Waals surface area contributed by atoms with Crippen LogP contribution < -0.4 is 9.47 Å². The van der Waals surface area contributed by atoms with Crippen molar-refractivity contribution in [2.45, 2.75) is 19.0 Å². The van der Waals surface area contributed by atoms with Gasteiger partial charge in [0.2, 0.25) is 0 Å². The van der Waals surface area contributed by atoms with E-state index in [0.717, 1.165) is 0 Å². The fourth-order valence-corrected chi connectivity index (χ4v) is 3.84. The van der Waals surface area contributed by atoms with Crippen molar-refractivity contribution in [3.8, 4) is 11.5 Å². The summed E-state index contributed by atoms with van der Waals surface area (Å²) in [5, 5.41) is 11.2.